The number of nitroso groups, excluding NO2 is 1. The first kappa shape index (κ1) is 13.0. The number of halogens is 3. The summed E-state index contributed by atoms with van der Waals surface area (Å²) in [5.41, 5.74) is -0.164. The topological polar surface area (TPSA) is 32.7 Å². The lowest BCUT2D eigenvalue weighted by molar-refractivity contribution is -0.137. The van der Waals surface area contributed by atoms with E-state index in [0.29, 0.717) is 10.6 Å². The van der Waals surface area contributed by atoms with Crippen LogP contribution in [0.4, 0.5) is 24.5 Å². The third-order valence-electron chi connectivity index (χ3n) is 2.91. The Labute approximate surface area is 116 Å². The number of fused-ring (bicyclic) bond motifs is 2. The Morgan fingerprint density at radius 1 is 1.00 bits per heavy atom. The van der Waals surface area contributed by atoms with Gasteiger partial charge in [-0.15, -0.1) is 4.91 Å². The standard InChI is InChI=1S/C13H7F3N2OS/c14-13(15,16)8-5-6-12-10(7-8)18(17-19)9-3-1-2-4-11(9)20-12/h1-7H. The largest absolute Gasteiger partial charge is 0.416 e. The molecule has 0 bridgehead atoms. The number of hydrogen-bond acceptors (Lipinski definition) is 3. The van der Waals surface area contributed by atoms with Gasteiger partial charge in [0, 0.05) is 9.79 Å². The summed E-state index contributed by atoms with van der Waals surface area (Å²) in [7, 11) is 0. The normalized spacial score (nSPS) is 13.7. The molecule has 102 valence electrons. The Hall–Kier alpha value is -2.02. The molecular formula is C13H7F3N2OS. The van der Waals surface area contributed by atoms with Gasteiger partial charge in [0.25, 0.3) is 0 Å². The monoisotopic (exact) mass is 296 g/mol. The van der Waals surface area contributed by atoms with Gasteiger partial charge in [-0.05, 0) is 30.3 Å². The molecule has 0 fully saturated rings. The third-order valence-corrected chi connectivity index (χ3v) is 4.04. The van der Waals surface area contributed by atoms with Crippen molar-refractivity contribution in [2.45, 2.75) is 16.0 Å². The number of nitrogens with zero attached hydrogens (tertiary/aromatic N) is 2. The van der Waals surface area contributed by atoms with Crippen LogP contribution in [0.3, 0.4) is 0 Å². The molecule has 2 aromatic rings. The van der Waals surface area contributed by atoms with E-state index in [9.17, 15) is 18.1 Å². The minimum atomic E-state index is -4.45. The molecule has 0 N–H and O–H groups in total. The van der Waals surface area contributed by atoms with E-state index in [1.165, 1.54) is 17.8 Å². The molecule has 3 nitrogen and oxygen atoms in total. The molecule has 0 saturated carbocycles. The van der Waals surface area contributed by atoms with Crippen LogP contribution in [0.1, 0.15) is 5.56 Å². The second kappa shape index (κ2) is 4.52. The second-order valence-electron chi connectivity index (χ2n) is 4.14. The maximum absolute atomic E-state index is 12.8. The molecule has 2 aromatic carbocycles. The van der Waals surface area contributed by atoms with Crippen molar-refractivity contribution in [2.75, 3.05) is 5.01 Å². The zero-order valence-corrected chi connectivity index (χ0v) is 10.7. The first-order valence-electron chi connectivity index (χ1n) is 5.62. The van der Waals surface area contributed by atoms with Gasteiger partial charge >= 0.3 is 6.18 Å². The Balaban J connectivity index is 2.16. The first-order valence-corrected chi connectivity index (χ1v) is 6.44. The van der Waals surface area contributed by atoms with E-state index in [-0.39, 0.29) is 5.69 Å². The molecule has 0 atom stereocenters. The van der Waals surface area contributed by atoms with Gasteiger partial charge in [0.05, 0.1) is 22.2 Å². The molecule has 1 aliphatic rings. The molecule has 0 saturated heterocycles. The third kappa shape index (κ3) is 2.03. The summed E-state index contributed by atoms with van der Waals surface area (Å²) < 4.78 is 38.3. The van der Waals surface area contributed by atoms with Crippen molar-refractivity contribution in [2.24, 2.45) is 5.29 Å². The average molecular weight is 296 g/mol. The summed E-state index contributed by atoms with van der Waals surface area (Å²) in [5, 5.41) is 3.85. The lowest BCUT2D eigenvalue weighted by atomic mass is 10.1. The molecule has 0 spiro atoms. The van der Waals surface area contributed by atoms with Crippen LogP contribution in [0.25, 0.3) is 0 Å². The van der Waals surface area contributed by atoms with Gasteiger partial charge in [-0.1, -0.05) is 23.9 Å². The van der Waals surface area contributed by atoms with Crippen LogP contribution in [0.15, 0.2) is 57.5 Å². The predicted molar refractivity (Wildman–Crippen MR) is 69.9 cm³/mol. The summed E-state index contributed by atoms with van der Waals surface area (Å²) in [5.74, 6) is 0. The Morgan fingerprint density at radius 2 is 1.70 bits per heavy atom. The number of benzene rings is 2. The maximum Gasteiger partial charge on any atom is 0.416 e. The van der Waals surface area contributed by atoms with Crippen LogP contribution >= 0.6 is 11.8 Å². The maximum atomic E-state index is 12.8. The molecule has 0 aliphatic carbocycles. The summed E-state index contributed by atoms with van der Waals surface area (Å²) >= 11 is 1.31. The highest BCUT2D eigenvalue weighted by molar-refractivity contribution is 7.99. The van der Waals surface area contributed by atoms with E-state index in [0.717, 1.165) is 22.0 Å². The van der Waals surface area contributed by atoms with Gasteiger partial charge < -0.3 is 0 Å². The van der Waals surface area contributed by atoms with Crippen molar-refractivity contribution >= 4 is 23.1 Å². The number of para-hydroxylation sites is 1. The molecule has 0 aromatic heterocycles. The fourth-order valence-electron chi connectivity index (χ4n) is 2.00. The Morgan fingerprint density at radius 3 is 2.40 bits per heavy atom. The van der Waals surface area contributed by atoms with Gasteiger partial charge in [-0.25, -0.2) is 0 Å². The van der Waals surface area contributed by atoms with E-state index in [2.05, 4.69) is 5.29 Å². The van der Waals surface area contributed by atoms with E-state index < -0.39 is 11.7 Å². The smallest absolute Gasteiger partial charge is 0.195 e. The van der Waals surface area contributed by atoms with Crippen LogP contribution in [-0.2, 0) is 6.18 Å². The van der Waals surface area contributed by atoms with Crippen molar-refractivity contribution < 1.29 is 13.2 Å². The quantitative estimate of drug-likeness (QED) is 0.695. The molecule has 20 heavy (non-hydrogen) atoms. The number of rotatable bonds is 1. The Bertz CT molecular complexity index is 688. The van der Waals surface area contributed by atoms with E-state index in [1.807, 2.05) is 0 Å². The molecule has 0 unspecified atom stereocenters. The minimum Gasteiger partial charge on any atom is -0.195 e. The van der Waals surface area contributed by atoms with Crippen molar-refractivity contribution in [1.29, 1.82) is 0 Å². The fourth-order valence-corrected chi connectivity index (χ4v) is 3.03. The van der Waals surface area contributed by atoms with Crippen LogP contribution < -0.4 is 5.01 Å². The van der Waals surface area contributed by atoms with Crippen LogP contribution in [0, 0.1) is 4.91 Å². The highest BCUT2D eigenvalue weighted by atomic mass is 32.2. The lowest BCUT2D eigenvalue weighted by Crippen LogP contribution is -2.15. The fraction of sp³-hybridized carbons (Fsp3) is 0.0769. The molecule has 1 heterocycles. The van der Waals surface area contributed by atoms with Crippen LogP contribution in [0.2, 0.25) is 0 Å². The van der Waals surface area contributed by atoms with Crippen molar-refractivity contribution in [3.05, 3.63) is 52.9 Å². The van der Waals surface area contributed by atoms with E-state index in [4.69, 9.17) is 0 Å². The number of alkyl halides is 3. The van der Waals surface area contributed by atoms with Gasteiger partial charge in [0.15, 0.2) is 0 Å². The van der Waals surface area contributed by atoms with Crippen molar-refractivity contribution in [1.82, 2.24) is 0 Å². The lowest BCUT2D eigenvalue weighted by Gasteiger charge is -2.26. The average Bonchev–Trinajstić information content (AvgIpc) is 2.43. The van der Waals surface area contributed by atoms with Crippen molar-refractivity contribution in [3.8, 4) is 0 Å². The predicted octanol–water partition coefficient (Wildman–Crippen LogP) is 4.99. The molecule has 0 radical (unpaired) electrons. The molecule has 7 heteroatoms. The zero-order valence-electron chi connectivity index (χ0n) is 9.89. The molecule has 1 aliphatic heterocycles. The molecule has 0 amide bonds. The SMILES string of the molecule is O=NN1c2ccccc2Sc2ccc(C(F)(F)F)cc21. The molecular weight excluding hydrogens is 289 g/mol. The molecule has 3 rings (SSSR count). The number of hydrogen-bond donors (Lipinski definition) is 0. The minimum absolute atomic E-state index is 0.151. The van der Waals surface area contributed by atoms with E-state index in [1.54, 1.807) is 24.3 Å². The second-order valence-corrected chi connectivity index (χ2v) is 5.23. The van der Waals surface area contributed by atoms with Crippen molar-refractivity contribution in [3.63, 3.8) is 0 Å². The highest BCUT2D eigenvalue weighted by Gasteiger charge is 2.33. The van der Waals surface area contributed by atoms with Crippen LogP contribution in [-0.4, -0.2) is 0 Å². The van der Waals surface area contributed by atoms with Gasteiger partial charge in [0.2, 0.25) is 0 Å². The summed E-state index contributed by atoms with van der Waals surface area (Å²) in [6, 6.07) is 10.2. The number of anilines is 2. The first-order chi connectivity index (χ1) is 9.50. The van der Waals surface area contributed by atoms with E-state index >= 15 is 0 Å². The summed E-state index contributed by atoms with van der Waals surface area (Å²) in [6.45, 7) is 0. The van der Waals surface area contributed by atoms with Gasteiger partial charge in [0.1, 0.15) is 0 Å². The van der Waals surface area contributed by atoms with Gasteiger partial charge in [-0.2, -0.15) is 18.2 Å². The summed E-state index contributed by atoms with van der Waals surface area (Å²) in [6.07, 6.45) is -4.45. The Kier molecular flexibility index (Phi) is 2.93. The van der Waals surface area contributed by atoms with Crippen LogP contribution in [0.5, 0.6) is 0 Å². The van der Waals surface area contributed by atoms with Gasteiger partial charge in [-0.3, -0.25) is 0 Å². The highest BCUT2D eigenvalue weighted by Crippen LogP contribution is 2.49. The zero-order chi connectivity index (χ0) is 14.3. The summed E-state index contributed by atoms with van der Waals surface area (Å²) in [4.78, 5) is 12.4.